The Morgan fingerprint density at radius 1 is 0.897 bits per heavy atom. The van der Waals surface area contributed by atoms with Gasteiger partial charge in [0.15, 0.2) is 0 Å². The van der Waals surface area contributed by atoms with Crippen LogP contribution in [0.4, 0.5) is 0 Å². The molecule has 1 heterocycles. The predicted molar refractivity (Wildman–Crippen MR) is 119 cm³/mol. The van der Waals surface area contributed by atoms with Gasteiger partial charge >= 0.3 is 0 Å². The maximum atomic E-state index is 11.2. The fourth-order valence-corrected chi connectivity index (χ4v) is 5.03. The molecule has 0 amide bonds. The fraction of sp³-hybridized carbons (Fsp3) is 0.0870. The molecule has 0 fully saturated rings. The Balaban J connectivity index is 1.87. The van der Waals surface area contributed by atoms with Gasteiger partial charge in [-0.2, -0.15) is 5.10 Å². The zero-order chi connectivity index (χ0) is 20.4. The molecule has 0 aliphatic carbocycles. The molecule has 0 saturated carbocycles. The van der Waals surface area contributed by atoms with Crippen molar-refractivity contribution in [2.24, 2.45) is 0 Å². The number of hydrogen-bond donors (Lipinski definition) is 1. The summed E-state index contributed by atoms with van der Waals surface area (Å²) in [6.07, 6.45) is -0.800. The van der Waals surface area contributed by atoms with Gasteiger partial charge in [-0.3, -0.25) is 0 Å². The van der Waals surface area contributed by atoms with Gasteiger partial charge in [0.05, 0.1) is 11.4 Å². The summed E-state index contributed by atoms with van der Waals surface area (Å²) in [6, 6.07) is 24.9. The average molecular weight is 441 g/mol. The zero-order valence-corrected chi connectivity index (χ0v) is 17.9. The second-order valence-electron chi connectivity index (χ2n) is 6.57. The number of aliphatic hydroxyl groups excluding tert-OH is 1. The number of hydrogen-bond acceptors (Lipinski definition) is 3. The number of aryl methyl sites for hydroxylation is 1. The maximum Gasteiger partial charge on any atom is 0.111 e. The van der Waals surface area contributed by atoms with Crippen LogP contribution in [0.2, 0.25) is 10.0 Å². The van der Waals surface area contributed by atoms with Gasteiger partial charge in [-0.25, -0.2) is 4.68 Å². The van der Waals surface area contributed by atoms with Crippen molar-refractivity contribution < 1.29 is 5.11 Å². The lowest BCUT2D eigenvalue weighted by molar-refractivity contribution is 0.216. The molecule has 0 spiro atoms. The molecular weight excluding hydrogens is 423 g/mol. The molecule has 0 saturated heterocycles. The van der Waals surface area contributed by atoms with Gasteiger partial charge in [0, 0.05) is 20.5 Å². The van der Waals surface area contributed by atoms with Crippen molar-refractivity contribution in [3.8, 4) is 5.69 Å². The molecule has 0 aliphatic heterocycles. The Bertz CT molecular complexity index is 1110. The minimum atomic E-state index is -0.800. The zero-order valence-electron chi connectivity index (χ0n) is 15.6. The standard InChI is InChI=1S/C23H18Cl2N2OS/c1-15-21(22(28)16-8-4-2-5-9-16)23(27(26-15)19-10-6-3-7-11-19)29-20-13-17(24)12-18(25)14-20/h2-14,22,28H,1H3. The highest BCUT2D eigenvalue weighted by molar-refractivity contribution is 7.99. The van der Waals surface area contributed by atoms with Gasteiger partial charge in [-0.05, 0) is 42.8 Å². The predicted octanol–water partition coefficient (Wildman–Crippen LogP) is 6.72. The Morgan fingerprint density at radius 2 is 1.48 bits per heavy atom. The van der Waals surface area contributed by atoms with E-state index in [0.717, 1.165) is 32.4 Å². The van der Waals surface area contributed by atoms with Crippen molar-refractivity contribution in [2.45, 2.75) is 22.9 Å². The first-order valence-corrected chi connectivity index (χ1v) is 10.6. The van der Waals surface area contributed by atoms with Crippen molar-refractivity contribution in [3.63, 3.8) is 0 Å². The second kappa shape index (κ2) is 8.64. The van der Waals surface area contributed by atoms with Crippen molar-refractivity contribution >= 4 is 35.0 Å². The summed E-state index contributed by atoms with van der Waals surface area (Å²) in [5.74, 6) is 0. The van der Waals surface area contributed by atoms with Crippen LogP contribution in [0.15, 0.2) is 88.8 Å². The summed E-state index contributed by atoms with van der Waals surface area (Å²) in [6.45, 7) is 1.91. The number of nitrogens with zero attached hydrogens (tertiary/aromatic N) is 2. The molecule has 4 aromatic rings. The van der Waals surface area contributed by atoms with E-state index in [1.165, 1.54) is 11.8 Å². The number of halogens is 2. The minimum Gasteiger partial charge on any atom is -0.383 e. The van der Waals surface area contributed by atoms with Crippen molar-refractivity contribution in [2.75, 3.05) is 0 Å². The number of aromatic nitrogens is 2. The quantitative estimate of drug-likeness (QED) is 0.374. The molecule has 3 nitrogen and oxygen atoms in total. The Kier molecular flexibility index (Phi) is 5.97. The SMILES string of the molecule is Cc1nn(-c2ccccc2)c(Sc2cc(Cl)cc(Cl)c2)c1C(O)c1ccccc1. The van der Waals surface area contributed by atoms with Crippen molar-refractivity contribution in [1.29, 1.82) is 0 Å². The van der Waals surface area contributed by atoms with E-state index in [1.54, 1.807) is 6.07 Å². The van der Waals surface area contributed by atoms with Gasteiger partial charge in [-0.15, -0.1) is 0 Å². The third-order valence-corrected chi connectivity index (χ3v) is 6.00. The molecule has 146 valence electrons. The minimum absolute atomic E-state index is 0.563. The lowest BCUT2D eigenvalue weighted by Crippen LogP contribution is -2.03. The van der Waals surface area contributed by atoms with Crippen LogP contribution in [0.5, 0.6) is 0 Å². The van der Waals surface area contributed by atoms with Gasteiger partial charge in [0.2, 0.25) is 0 Å². The first-order valence-electron chi connectivity index (χ1n) is 9.05. The first kappa shape index (κ1) is 20.0. The highest BCUT2D eigenvalue weighted by atomic mass is 35.5. The van der Waals surface area contributed by atoms with E-state index >= 15 is 0 Å². The fourth-order valence-electron chi connectivity index (χ4n) is 3.18. The summed E-state index contributed by atoms with van der Waals surface area (Å²) in [5.41, 5.74) is 3.26. The number of benzene rings is 3. The molecule has 0 bridgehead atoms. The largest absolute Gasteiger partial charge is 0.383 e. The highest BCUT2D eigenvalue weighted by Crippen LogP contribution is 2.40. The maximum absolute atomic E-state index is 11.2. The van der Waals surface area contributed by atoms with Crippen LogP contribution < -0.4 is 0 Å². The molecule has 29 heavy (non-hydrogen) atoms. The number of rotatable bonds is 5. The highest BCUT2D eigenvalue weighted by Gasteiger charge is 2.24. The summed E-state index contributed by atoms with van der Waals surface area (Å²) in [5, 5.41) is 17.9. The summed E-state index contributed by atoms with van der Waals surface area (Å²) in [4.78, 5) is 0.876. The summed E-state index contributed by atoms with van der Waals surface area (Å²) >= 11 is 13.9. The molecule has 1 N–H and O–H groups in total. The summed E-state index contributed by atoms with van der Waals surface area (Å²) in [7, 11) is 0. The lowest BCUT2D eigenvalue weighted by Gasteiger charge is -2.15. The van der Waals surface area contributed by atoms with E-state index < -0.39 is 6.10 Å². The smallest absolute Gasteiger partial charge is 0.111 e. The molecular formula is C23H18Cl2N2OS. The van der Waals surface area contributed by atoms with Crippen molar-refractivity contribution in [3.05, 3.63) is 106 Å². The van der Waals surface area contributed by atoms with Crippen LogP contribution in [0.1, 0.15) is 22.9 Å². The number of aliphatic hydroxyl groups is 1. The van der Waals surface area contributed by atoms with Crippen molar-refractivity contribution in [1.82, 2.24) is 9.78 Å². The van der Waals surface area contributed by atoms with E-state index in [1.807, 2.05) is 84.4 Å². The van der Waals surface area contributed by atoms with Crippen LogP contribution in [-0.4, -0.2) is 14.9 Å². The third kappa shape index (κ3) is 4.36. The topological polar surface area (TPSA) is 38.0 Å². The van der Waals surface area contributed by atoms with Crippen LogP contribution in [-0.2, 0) is 0 Å². The molecule has 1 aromatic heterocycles. The normalized spacial score (nSPS) is 12.1. The molecule has 0 aliphatic rings. The number of para-hydroxylation sites is 1. The third-order valence-electron chi connectivity index (χ3n) is 4.50. The van der Waals surface area contributed by atoms with Crippen LogP contribution in [0.3, 0.4) is 0 Å². The van der Waals surface area contributed by atoms with Crippen LogP contribution in [0.25, 0.3) is 5.69 Å². The Labute approximate surface area is 183 Å². The van der Waals surface area contributed by atoms with E-state index in [0.29, 0.717) is 10.0 Å². The monoisotopic (exact) mass is 440 g/mol. The van der Waals surface area contributed by atoms with E-state index in [2.05, 4.69) is 0 Å². The molecule has 0 radical (unpaired) electrons. The van der Waals surface area contributed by atoms with E-state index in [9.17, 15) is 5.11 Å². The lowest BCUT2D eigenvalue weighted by atomic mass is 10.0. The average Bonchev–Trinajstić information content (AvgIpc) is 3.04. The van der Waals surface area contributed by atoms with Gasteiger partial charge in [-0.1, -0.05) is 83.5 Å². The summed E-state index contributed by atoms with van der Waals surface area (Å²) < 4.78 is 1.86. The molecule has 3 aromatic carbocycles. The Hall–Kier alpha value is -2.24. The molecule has 1 atom stereocenters. The molecule has 1 unspecified atom stereocenters. The van der Waals surface area contributed by atoms with Gasteiger partial charge in [0.25, 0.3) is 0 Å². The van der Waals surface area contributed by atoms with E-state index in [4.69, 9.17) is 28.3 Å². The first-order chi connectivity index (χ1) is 14.0. The molecule has 4 rings (SSSR count). The molecule has 6 heteroatoms. The van der Waals surface area contributed by atoms with Crippen LogP contribution >= 0.6 is 35.0 Å². The Morgan fingerprint density at radius 3 is 2.10 bits per heavy atom. The van der Waals surface area contributed by atoms with E-state index in [-0.39, 0.29) is 0 Å². The van der Waals surface area contributed by atoms with Gasteiger partial charge < -0.3 is 5.11 Å². The second-order valence-corrected chi connectivity index (χ2v) is 8.51. The van der Waals surface area contributed by atoms with Crippen LogP contribution in [0, 0.1) is 6.92 Å². The van der Waals surface area contributed by atoms with Gasteiger partial charge in [0.1, 0.15) is 11.1 Å².